The summed E-state index contributed by atoms with van der Waals surface area (Å²) in [5.74, 6) is -1.85. The van der Waals surface area contributed by atoms with E-state index in [4.69, 9.17) is 16.3 Å². The Labute approximate surface area is 288 Å². The van der Waals surface area contributed by atoms with Gasteiger partial charge in [0.2, 0.25) is 21.8 Å². The van der Waals surface area contributed by atoms with Gasteiger partial charge in [-0.2, -0.15) is 0 Å². The Morgan fingerprint density at radius 3 is 2.69 bits per heavy atom. The van der Waals surface area contributed by atoms with Crippen molar-refractivity contribution >= 4 is 66.6 Å². The second kappa shape index (κ2) is 13.3. The Morgan fingerprint density at radius 2 is 1.90 bits per heavy atom. The molecule has 2 aromatic carbocycles. The summed E-state index contributed by atoms with van der Waals surface area (Å²) in [5.41, 5.74) is 0.110. The van der Waals surface area contributed by atoms with Gasteiger partial charge >= 0.3 is 0 Å². The molecule has 3 aromatic rings. The number of nitrogens with one attached hydrogen (secondary N) is 3. The van der Waals surface area contributed by atoms with E-state index in [1.807, 2.05) is 54.6 Å². The molecule has 0 bridgehead atoms. The molecule has 7 rings (SSSR count). The molecule has 2 saturated carbocycles. The first-order chi connectivity index (χ1) is 23.1. The summed E-state index contributed by atoms with van der Waals surface area (Å²) >= 11 is 7.51. The largest absolute Gasteiger partial charge is 0.465 e. The van der Waals surface area contributed by atoms with Crippen LogP contribution in [0.4, 0.5) is 5.69 Å². The molecule has 1 aromatic heterocycles. The molecule has 0 unspecified atom stereocenters. The van der Waals surface area contributed by atoms with E-state index in [2.05, 4.69) is 20.3 Å². The van der Waals surface area contributed by atoms with Gasteiger partial charge in [0.25, 0.3) is 11.1 Å². The second-order valence-corrected chi connectivity index (χ2v) is 16.5. The molecule has 0 spiro atoms. The molecule has 2 aliphatic carbocycles. The number of anilines is 1. The van der Waals surface area contributed by atoms with Crippen LogP contribution in [0.15, 0.2) is 60.7 Å². The summed E-state index contributed by atoms with van der Waals surface area (Å²) in [6.07, 6.45) is 8.76. The number of nitrogens with zero attached hydrogens (tertiary/aromatic N) is 2. The van der Waals surface area contributed by atoms with Crippen LogP contribution >= 0.6 is 22.9 Å². The Hall–Kier alpha value is -3.68. The maximum Gasteiger partial charge on any atom is 0.274 e. The molecule has 3 heterocycles. The standard InChI is InChI=1S/C34H38ClN5O6S2/c35-22-13-16-26-29(17-22)47-33(37-26)46-24-18-28-30(41)38-34(32(43)39-48(44,45)25-14-15-25)19-21(34)9-5-2-1-3-8-12-27(31(42)40(28)20-24)36-23-10-6-4-7-11-23/h4-7,9-11,13,16-17,21,24-25,27-28,36H,1-3,8,12,14-15,18-20H2,(H,38,41)(H,39,43)/t21-,24-,27+,28+,34-/m1/s1. The van der Waals surface area contributed by atoms with Crippen LogP contribution in [-0.2, 0) is 24.4 Å². The van der Waals surface area contributed by atoms with Gasteiger partial charge in [0.1, 0.15) is 23.7 Å². The van der Waals surface area contributed by atoms with E-state index in [-0.39, 0.29) is 31.2 Å². The second-order valence-electron chi connectivity index (χ2n) is 13.1. The number of benzene rings is 2. The molecule has 5 atom stereocenters. The first-order valence-electron chi connectivity index (χ1n) is 16.5. The third kappa shape index (κ3) is 7.04. The van der Waals surface area contributed by atoms with Gasteiger partial charge in [-0.15, -0.1) is 0 Å². The number of carbonyl (C=O) groups is 3. The zero-order valence-electron chi connectivity index (χ0n) is 26.3. The highest BCUT2D eigenvalue weighted by Crippen LogP contribution is 2.46. The van der Waals surface area contributed by atoms with Gasteiger partial charge in [-0.3, -0.25) is 19.1 Å². The number of amides is 3. The molecule has 14 heteroatoms. The van der Waals surface area contributed by atoms with Gasteiger partial charge in [-0.25, -0.2) is 13.4 Å². The van der Waals surface area contributed by atoms with E-state index in [0.717, 1.165) is 41.6 Å². The Kier molecular flexibility index (Phi) is 9.12. The molecule has 2 aliphatic heterocycles. The minimum Gasteiger partial charge on any atom is -0.465 e. The number of para-hydroxylation sites is 1. The highest BCUT2D eigenvalue weighted by molar-refractivity contribution is 7.91. The lowest BCUT2D eigenvalue weighted by molar-refractivity contribution is -0.140. The first-order valence-corrected chi connectivity index (χ1v) is 19.2. The van der Waals surface area contributed by atoms with Crippen LogP contribution in [0, 0.1) is 5.92 Å². The van der Waals surface area contributed by atoms with Gasteiger partial charge in [-0.05, 0) is 68.9 Å². The topological polar surface area (TPSA) is 147 Å². The lowest BCUT2D eigenvalue weighted by Gasteiger charge is -2.30. The molecule has 4 aliphatic rings. The van der Waals surface area contributed by atoms with Crippen molar-refractivity contribution < 1.29 is 27.5 Å². The number of ether oxygens (including phenoxy) is 1. The van der Waals surface area contributed by atoms with E-state index >= 15 is 0 Å². The maximum atomic E-state index is 14.4. The highest BCUT2D eigenvalue weighted by atomic mass is 35.5. The number of rotatable bonds is 7. The minimum absolute atomic E-state index is 0.138. The Balaban J connectivity index is 1.18. The molecule has 48 heavy (non-hydrogen) atoms. The summed E-state index contributed by atoms with van der Waals surface area (Å²) in [4.78, 5) is 48.3. The van der Waals surface area contributed by atoms with E-state index in [0.29, 0.717) is 29.5 Å². The SMILES string of the molecule is O=C1N[C@]2(C(=O)NS(=O)(=O)C3CC3)C[C@H]2C=CCCCCC[C@H](Nc2ccccc2)C(=O)N2C[C@H](Oc3nc4ccc(Cl)cc4s3)C[C@@H]12. The van der Waals surface area contributed by atoms with Crippen LogP contribution in [0.5, 0.6) is 5.19 Å². The average Bonchev–Trinajstić information content (AvgIpc) is 3.95. The fraction of sp³-hybridized carbons (Fsp3) is 0.471. The van der Waals surface area contributed by atoms with Crippen LogP contribution in [0.25, 0.3) is 10.2 Å². The number of halogens is 1. The lowest BCUT2D eigenvalue weighted by Crippen LogP contribution is -2.57. The minimum atomic E-state index is -3.83. The quantitative estimate of drug-likeness (QED) is 0.297. The van der Waals surface area contributed by atoms with Crippen LogP contribution in [0.1, 0.15) is 57.8 Å². The molecule has 3 fully saturated rings. The van der Waals surface area contributed by atoms with Crippen LogP contribution in [-0.4, -0.2) is 71.5 Å². The number of allylic oxidation sites excluding steroid dienone is 1. The molecule has 1 saturated heterocycles. The summed E-state index contributed by atoms with van der Waals surface area (Å²) in [7, 11) is -3.83. The molecule has 3 amide bonds. The summed E-state index contributed by atoms with van der Waals surface area (Å²) < 4.78 is 34.9. The summed E-state index contributed by atoms with van der Waals surface area (Å²) in [5, 5.41) is 6.71. The number of hydrogen-bond acceptors (Lipinski definition) is 9. The van der Waals surface area contributed by atoms with Gasteiger partial charge in [-0.1, -0.05) is 66.1 Å². The van der Waals surface area contributed by atoms with Crippen LogP contribution < -0.4 is 20.1 Å². The smallest absolute Gasteiger partial charge is 0.274 e. The Bertz CT molecular complexity index is 1850. The first kappa shape index (κ1) is 32.8. The van der Waals surface area contributed by atoms with Crippen molar-refractivity contribution in [1.29, 1.82) is 0 Å². The average molecular weight is 712 g/mol. The van der Waals surface area contributed by atoms with E-state index in [1.54, 1.807) is 11.0 Å². The molecule has 11 nitrogen and oxygen atoms in total. The molecular weight excluding hydrogens is 674 g/mol. The predicted molar refractivity (Wildman–Crippen MR) is 184 cm³/mol. The van der Waals surface area contributed by atoms with E-state index in [1.165, 1.54) is 11.3 Å². The molecule has 0 radical (unpaired) electrons. The van der Waals surface area contributed by atoms with E-state index in [9.17, 15) is 22.8 Å². The summed E-state index contributed by atoms with van der Waals surface area (Å²) in [6.45, 7) is 0.138. The van der Waals surface area contributed by atoms with Crippen LogP contribution in [0.3, 0.4) is 0 Å². The van der Waals surface area contributed by atoms with Crippen LogP contribution in [0.2, 0.25) is 5.02 Å². The number of hydrogen-bond donors (Lipinski definition) is 3. The highest BCUT2D eigenvalue weighted by Gasteiger charge is 2.62. The zero-order chi connectivity index (χ0) is 33.5. The van der Waals surface area contributed by atoms with Crippen molar-refractivity contribution in [1.82, 2.24) is 19.9 Å². The van der Waals surface area contributed by atoms with Crippen molar-refractivity contribution in [2.24, 2.45) is 5.92 Å². The Morgan fingerprint density at radius 1 is 1.08 bits per heavy atom. The van der Waals surface area contributed by atoms with Crippen molar-refractivity contribution in [2.45, 2.75) is 86.8 Å². The fourth-order valence-corrected chi connectivity index (χ4v) is 9.17. The van der Waals surface area contributed by atoms with Gasteiger partial charge in [0.05, 0.1) is 22.0 Å². The molecule has 3 N–H and O–H groups in total. The van der Waals surface area contributed by atoms with Crippen molar-refractivity contribution in [3.05, 3.63) is 65.7 Å². The summed E-state index contributed by atoms with van der Waals surface area (Å²) in [6, 6.07) is 13.3. The molecular formula is C34H38ClN5O6S2. The molecule has 254 valence electrons. The van der Waals surface area contributed by atoms with Crippen molar-refractivity contribution in [3.8, 4) is 5.19 Å². The maximum absolute atomic E-state index is 14.4. The van der Waals surface area contributed by atoms with Gasteiger partial charge < -0.3 is 20.3 Å². The number of sulfonamides is 1. The number of thiazole rings is 1. The number of aromatic nitrogens is 1. The number of fused-ring (bicyclic) bond motifs is 3. The van der Waals surface area contributed by atoms with E-state index < -0.39 is 50.8 Å². The third-order valence-corrected chi connectivity index (χ3v) is 12.5. The predicted octanol–water partition coefficient (Wildman–Crippen LogP) is 4.78. The van der Waals surface area contributed by atoms with Gasteiger partial charge in [0.15, 0.2) is 0 Å². The monoisotopic (exact) mass is 711 g/mol. The van der Waals surface area contributed by atoms with Gasteiger partial charge in [0, 0.05) is 23.0 Å². The lowest BCUT2D eigenvalue weighted by atomic mass is 10.0. The van der Waals surface area contributed by atoms with Crippen molar-refractivity contribution in [3.63, 3.8) is 0 Å². The fourth-order valence-electron chi connectivity index (χ4n) is 6.65. The van der Waals surface area contributed by atoms with Crippen molar-refractivity contribution in [2.75, 3.05) is 11.9 Å². The number of carbonyl (C=O) groups excluding carboxylic acids is 3. The third-order valence-electron chi connectivity index (χ3n) is 9.56. The zero-order valence-corrected chi connectivity index (χ0v) is 28.7. The normalized spacial score (nSPS) is 28.1.